The number of halogens is 3. The summed E-state index contributed by atoms with van der Waals surface area (Å²) in [7, 11) is 1.51. The Labute approximate surface area is 154 Å². The van der Waals surface area contributed by atoms with Crippen molar-refractivity contribution < 1.29 is 27.4 Å². The first-order valence-electron chi connectivity index (χ1n) is 8.10. The smallest absolute Gasteiger partial charge is 0.405 e. The van der Waals surface area contributed by atoms with E-state index >= 15 is 0 Å². The van der Waals surface area contributed by atoms with Crippen LogP contribution in [0.15, 0.2) is 42.7 Å². The fraction of sp³-hybridized carbons (Fsp3) is 0.333. The number of hydrogen-bond acceptors (Lipinski definition) is 5. The first-order chi connectivity index (χ1) is 12.9. The SMILES string of the molecule is COc1cc(CNCC(=O)NCC(F)(F)F)ccc1OCc1ccncc1. The average molecular weight is 383 g/mol. The number of nitrogens with one attached hydrogen (secondary N) is 2. The molecule has 0 bridgehead atoms. The Morgan fingerprint density at radius 3 is 2.52 bits per heavy atom. The highest BCUT2D eigenvalue weighted by atomic mass is 19.4. The summed E-state index contributed by atoms with van der Waals surface area (Å²) in [6.07, 6.45) is -1.07. The molecule has 0 aliphatic rings. The van der Waals surface area contributed by atoms with E-state index in [1.165, 1.54) is 7.11 Å². The molecule has 6 nitrogen and oxygen atoms in total. The van der Waals surface area contributed by atoms with E-state index in [-0.39, 0.29) is 6.54 Å². The summed E-state index contributed by atoms with van der Waals surface area (Å²) in [5.74, 6) is 0.349. The third-order valence-electron chi connectivity index (χ3n) is 3.47. The third kappa shape index (κ3) is 7.53. The lowest BCUT2D eigenvalue weighted by Crippen LogP contribution is -2.39. The molecule has 0 spiro atoms. The van der Waals surface area contributed by atoms with Crippen LogP contribution in [0.5, 0.6) is 11.5 Å². The number of aromatic nitrogens is 1. The van der Waals surface area contributed by atoms with Gasteiger partial charge in [0, 0.05) is 18.9 Å². The van der Waals surface area contributed by atoms with Gasteiger partial charge < -0.3 is 20.1 Å². The minimum absolute atomic E-state index is 0.224. The van der Waals surface area contributed by atoms with Crippen molar-refractivity contribution in [3.05, 3.63) is 53.9 Å². The van der Waals surface area contributed by atoms with Crippen LogP contribution in [0.25, 0.3) is 0 Å². The van der Waals surface area contributed by atoms with E-state index in [1.807, 2.05) is 12.1 Å². The summed E-state index contributed by atoms with van der Waals surface area (Å²) < 4.78 is 47.1. The summed E-state index contributed by atoms with van der Waals surface area (Å²) in [4.78, 5) is 15.3. The maximum absolute atomic E-state index is 12.0. The maximum atomic E-state index is 12.0. The molecule has 1 amide bonds. The summed E-state index contributed by atoms with van der Waals surface area (Å²) in [6.45, 7) is -0.917. The molecule has 1 aromatic carbocycles. The van der Waals surface area contributed by atoms with Crippen molar-refractivity contribution in [1.29, 1.82) is 0 Å². The summed E-state index contributed by atoms with van der Waals surface area (Å²) >= 11 is 0. The molecule has 1 heterocycles. The molecule has 0 unspecified atom stereocenters. The van der Waals surface area contributed by atoms with E-state index in [9.17, 15) is 18.0 Å². The van der Waals surface area contributed by atoms with Crippen LogP contribution in [0.2, 0.25) is 0 Å². The second kappa shape index (κ2) is 9.77. The summed E-state index contributed by atoms with van der Waals surface area (Å²) in [5, 5.41) is 4.58. The van der Waals surface area contributed by atoms with E-state index in [0.717, 1.165) is 11.1 Å². The molecule has 27 heavy (non-hydrogen) atoms. The fourth-order valence-electron chi connectivity index (χ4n) is 2.16. The number of methoxy groups -OCH3 is 1. The van der Waals surface area contributed by atoms with E-state index < -0.39 is 18.6 Å². The van der Waals surface area contributed by atoms with Gasteiger partial charge in [-0.3, -0.25) is 9.78 Å². The molecular weight excluding hydrogens is 363 g/mol. The number of pyridine rings is 1. The molecule has 0 fully saturated rings. The number of amides is 1. The largest absolute Gasteiger partial charge is 0.493 e. The molecule has 0 atom stereocenters. The molecular formula is C18H20F3N3O3. The van der Waals surface area contributed by atoms with Crippen molar-refractivity contribution in [2.24, 2.45) is 0 Å². The van der Waals surface area contributed by atoms with Gasteiger partial charge in [-0.2, -0.15) is 13.2 Å². The number of alkyl halides is 3. The zero-order chi connectivity index (χ0) is 19.7. The van der Waals surface area contributed by atoms with Gasteiger partial charge in [-0.1, -0.05) is 6.07 Å². The summed E-state index contributed by atoms with van der Waals surface area (Å²) in [5.41, 5.74) is 1.76. The van der Waals surface area contributed by atoms with E-state index in [4.69, 9.17) is 9.47 Å². The van der Waals surface area contributed by atoms with Gasteiger partial charge in [-0.25, -0.2) is 0 Å². The van der Waals surface area contributed by atoms with Crippen LogP contribution in [0.4, 0.5) is 13.2 Å². The van der Waals surface area contributed by atoms with Crippen LogP contribution in [-0.2, 0) is 17.9 Å². The zero-order valence-corrected chi connectivity index (χ0v) is 14.7. The van der Waals surface area contributed by atoms with Crippen LogP contribution in [0.3, 0.4) is 0 Å². The Morgan fingerprint density at radius 1 is 1.11 bits per heavy atom. The normalized spacial score (nSPS) is 11.1. The van der Waals surface area contributed by atoms with Gasteiger partial charge in [0.25, 0.3) is 0 Å². The lowest BCUT2D eigenvalue weighted by Gasteiger charge is -2.13. The highest BCUT2D eigenvalue weighted by Crippen LogP contribution is 2.28. The van der Waals surface area contributed by atoms with Crippen LogP contribution in [0.1, 0.15) is 11.1 Å². The van der Waals surface area contributed by atoms with Crippen LogP contribution in [0, 0.1) is 0 Å². The van der Waals surface area contributed by atoms with E-state index in [1.54, 1.807) is 35.9 Å². The Balaban J connectivity index is 1.83. The van der Waals surface area contributed by atoms with Crippen molar-refractivity contribution in [2.75, 3.05) is 20.2 Å². The minimum atomic E-state index is -4.42. The first kappa shape index (κ1) is 20.5. The van der Waals surface area contributed by atoms with Gasteiger partial charge in [0.2, 0.25) is 5.91 Å². The Morgan fingerprint density at radius 2 is 1.85 bits per heavy atom. The van der Waals surface area contributed by atoms with Gasteiger partial charge >= 0.3 is 6.18 Å². The predicted molar refractivity (Wildman–Crippen MR) is 92.3 cm³/mol. The highest BCUT2D eigenvalue weighted by Gasteiger charge is 2.27. The maximum Gasteiger partial charge on any atom is 0.405 e. The minimum Gasteiger partial charge on any atom is -0.493 e. The molecule has 2 N–H and O–H groups in total. The number of nitrogens with zero attached hydrogens (tertiary/aromatic N) is 1. The van der Waals surface area contributed by atoms with Crippen LogP contribution >= 0.6 is 0 Å². The average Bonchev–Trinajstić information content (AvgIpc) is 2.65. The standard InChI is InChI=1S/C18H20F3N3O3/c1-26-16-8-14(9-23-10-17(25)24-12-18(19,20)21)2-3-15(16)27-11-13-4-6-22-7-5-13/h2-8,23H,9-12H2,1H3,(H,24,25). The molecule has 0 aliphatic carbocycles. The summed E-state index contributed by atoms with van der Waals surface area (Å²) in [6, 6.07) is 8.94. The van der Waals surface area contributed by atoms with Crippen molar-refractivity contribution >= 4 is 5.91 Å². The quantitative estimate of drug-likeness (QED) is 0.696. The molecule has 0 radical (unpaired) electrons. The second-order valence-electron chi connectivity index (χ2n) is 5.62. The predicted octanol–water partition coefficient (Wildman–Crippen LogP) is 2.44. The Hall–Kier alpha value is -2.81. The number of carbonyl (C=O) groups excluding carboxylic acids is 1. The molecule has 2 rings (SSSR count). The first-order valence-corrected chi connectivity index (χ1v) is 8.10. The van der Waals surface area contributed by atoms with Crippen molar-refractivity contribution in [1.82, 2.24) is 15.6 Å². The van der Waals surface area contributed by atoms with Gasteiger partial charge in [0.1, 0.15) is 13.2 Å². The number of ether oxygens (including phenoxy) is 2. The lowest BCUT2D eigenvalue weighted by molar-refractivity contribution is -0.137. The lowest BCUT2D eigenvalue weighted by atomic mass is 10.2. The second-order valence-corrected chi connectivity index (χ2v) is 5.62. The molecule has 9 heteroatoms. The Bertz CT molecular complexity index is 740. The van der Waals surface area contributed by atoms with Crippen LogP contribution < -0.4 is 20.1 Å². The third-order valence-corrected chi connectivity index (χ3v) is 3.47. The number of carbonyl (C=O) groups is 1. The van der Waals surface area contributed by atoms with E-state index in [0.29, 0.717) is 24.7 Å². The number of benzene rings is 1. The van der Waals surface area contributed by atoms with Crippen molar-refractivity contribution in [3.63, 3.8) is 0 Å². The van der Waals surface area contributed by atoms with E-state index in [2.05, 4.69) is 10.3 Å². The zero-order valence-electron chi connectivity index (χ0n) is 14.7. The van der Waals surface area contributed by atoms with Crippen molar-refractivity contribution in [2.45, 2.75) is 19.3 Å². The molecule has 2 aromatic rings. The highest BCUT2D eigenvalue weighted by molar-refractivity contribution is 5.78. The van der Waals surface area contributed by atoms with Gasteiger partial charge in [-0.15, -0.1) is 0 Å². The molecule has 0 saturated carbocycles. The number of rotatable bonds is 9. The Kier molecular flexibility index (Phi) is 7.42. The number of hydrogen-bond donors (Lipinski definition) is 2. The topological polar surface area (TPSA) is 72.5 Å². The fourth-order valence-corrected chi connectivity index (χ4v) is 2.16. The van der Waals surface area contributed by atoms with Gasteiger partial charge in [0.15, 0.2) is 11.5 Å². The van der Waals surface area contributed by atoms with Gasteiger partial charge in [0.05, 0.1) is 13.7 Å². The van der Waals surface area contributed by atoms with Gasteiger partial charge in [-0.05, 0) is 35.4 Å². The van der Waals surface area contributed by atoms with Crippen LogP contribution in [-0.4, -0.2) is 37.3 Å². The molecule has 146 valence electrons. The molecule has 1 aromatic heterocycles. The molecule has 0 saturated heterocycles. The molecule has 0 aliphatic heterocycles. The van der Waals surface area contributed by atoms with Crippen molar-refractivity contribution in [3.8, 4) is 11.5 Å². The monoisotopic (exact) mass is 383 g/mol.